The molecule has 1 saturated carbocycles. The van der Waals surface area contributed by atoms with E-state index in [1.165, 1.54) is 12.1 Å². The zero-order valence-corrected chi connectivity index (χ0v) is 16.0. The Morgan fingerprint density at radius 2 is 2.07 bits per heavy atom. The molecule has 28 heavy (non-hydrogen) atoms. The number of carbonyl (C=O) groups excluding carboxylic acids is 2. The molecule has 0 saturated heterocycles. The van der Waals surface area contributed by atoms with E-state index in [9.17, 15) is 22.8 Å². The molecule has 0 N–H and O–H groups in total. The van der Waals surface area contributed by atoms with Gasteiger partial charge in [0.2, 0.25) is 5.91 Å². The zero-order valence-electron chi connectivity index (χ0n) is 15.2. The van der Waals surface area contributed by atoms with Gasteiger partial charge in [0.25, 0.3) is 5.60 Å². The summed E-state index contributed by atoms with van der Waals surface area (Å²) in [5.41, 5.74) is -3.78. The van der Waals surface area contributed by atoms with Gasteiger partial charge in [-0.3, -0.25) is 4.79 Å². The van der Waals surface area contributed by atoms with E-state index in [1.807, 2.05) is 6.92 Å². The van der Waals surface area contributed by atoms with E-state index in [1.54, 1.807) is 0 Å². The molecule has 150 valence electrons. The second kappa shape index (κ2) is 7.67. The predicted molar refractivity (Wildman–Crippen MR) is 97.8 cm³/mol. The number of unbranched alkanes of at least 4 members (excludes halogenated alkanes) is 2. The molecule has 1 aliphatic heterocycles. The molecular formula is C20H19ClF3NO3. The Bertz CT molecular complexity index is 854. The van der Waals surface area contributed by atoms with E-state index in [-0.39, 0.29) is 23.0 Å². The number of alkyl halides is 3. The number of benzene rings is 1. The average Bonchev–Trinajstić information content (AvgIpc) is 3.43. The minimum atomic E-state index is -5.00. The molecule has 1 unspecified atom stereocenters. The number of ether oxygens (including phenoxy) is 1. The van der Waals surface area contributed by atoms with Gasteiger partial charge in [-0.25, -0.2) is 9.69 Å². The first-order chi connectivity index (χ1) is 13.2. The van der Waals surface area contributed by atoms with Gasteiger partial charge < -0.3 is 4.74 Å². The molecule has 3 rings (SSSR count). The number of anilines is 1. The first kappa shape index (κ1) is 20.5. The molecule has 2 aliphatic rings. The Labute approximate surface area is 166 Å². The van der Waals surface area contributed by atoms with Crippen LogP contribution in [0.4, 0.5) is 23.7 Å². The Kier molecular flexibility index (Phi) is 5.62. The number of imide groups is 1. The first-order valence-corrected chi connectivity index (χ1v) is 9.53. The summed E-state index contributed by atoms with van der Waals surface area (Å²) in [5.74, 6) is 3.93. The van der Waals surface area contributed by atoms with E-state index in [2.05, 4.69) is 11.8 Å². The lowest BCUT2D eigenvalue weighted by Crippen LogP contribution is -2.54. The fraction of sp³-hybridized carbons (Fsp3) is 0.500. The van der Waals surface area contributed by atoms with E-state index in [4.69, 9.17) is 16.3 Å². The summed E-state index contributed by atoms with van der Waals surface area (Å²) < 4.78 is 47.2. The van der Waals surface area contributed by atoms with E-state index >= 15 is 0 Å². The lowest BCUT2D eigenvalue weighted by atomic mass is 9.89. The van der Waals surface area contributed by atoms with Crippen LogP contribution in [0.1, 0.15) is 51.0 Å². The van der Waals surface area contributed by atoms with Crippen LogP contribution in [-0.2, 0) is 15.1 Å². The molecule has 0 aromatic heterocycles. The fourth-order valence-electron chi connectivity index (χ4n) is 3.00. The maximum absolute atomic E-state index is 14.1. The molecule has 4 nitrogen and oxygen atoms in total. The van der Waals surface area contributed by atoms with Gasteiger partial charge in [0.1, 0.15) is 0 Å². The third-order valence-corrected chi connectivity index (χ3v) is 4.91. The van der Waals surface area contributed by atoms with Gasteiger partial charge in [0, 0.05) is 22.9 Å². The topological polar surface area (TPSA) is 46.6 Å². The fourth-order valence-corrected chi connectivity index (χ4v) is 3.17. The number of hydrogen-bond acceptors (Lipinski definition) is 3. The SMILES string of the molecule is CCCCCC(=O)N1C(=O)OC(C#CC2CC2)(C(F)(F)F)c2cc(Cl)ccc21. The number of rotatable bonds is 4. The molecule has 1 heterocycles. The summed E-state index contributed by atoms with van der Waals surface area (Å²) in [4.78, 5) is 25.7. The molecule has 1 atom stereocenters. The molecule has 1 aromatic rings. The summed E-state index contributed by atoms with van der Waals surface area (Å²) in [6, 6.07) is 3.63. The zero-order chi connectivity index (χ0) is 20.5. The number of fused-ring (bicyclic) bond motifs is 1. The standard InChI is InChI=1S/C20H19ClF3NO3/c1-2-3-4-5-17(26)25-16-9-8-14(21)12-15(16)19(20(22,23)24,28-18(25)27)11-10-13-6-7-13/h8-9,12-13H,2-7H2,1H3. The maximum Gasteiger partial charge on any atom is 0.445 e. The van der Waals surface area contributed by atoms with Crippen molar-refractivity contribution in [3.8, 4) is 11.8 Å². The minimum Gasteiger partial charge on any atom is -0.414 e. The summed E-state index contributed by atoms with van der Waals surface area (Å²) in [7, 11) is 0. The van der Waals surface area contributed by atoms with Crippen LogP contribution in [0.15, 0.2) is 18.2 Å². The quantitative estimate of drug-likeness (QED) is 0.478. The monoisotopic (exact) mass is 413 g/mol. The number of hydrogen-bond donors (Lipinski definition) is 0. The van der Waals surface area contributed by atoms with Gasteiger partial charge in [-0.1, -0.05) is 37.3 Å². The van der Waals surface area contributed by atoms with Crippen molar-refractivity contribution in [1.29, 1.82) is 0 Å². The molecular weight excluding hydrogens is 395 g/mol. The van der Waals surface area contributed by atoms with Crippen LogP contribution in [0.25, 0.3) is 0 Å². The Morgan fingerprint density at radius 3 is 2.68 bits per heavy atom. The van der Waals surface area contributed by atoms with Crippen LogP contribution in [0, 0.1) is 17.8 Å². The van der Waals surface area contributed by atoms with Crippen LogP contribution >= 0.6 is 11.6 Å². The molecule has 0 bridgehead atoms. The largest absolute Gasteiger partial charge is 0.445 e. The van der Waals surface area contributed by atoms with Gasteiger partial charge in [-0.2, -0.15) is 13.2 Å². The Balaban J connectivity index is 2.10. The van der Waals surface area contributed by atoms with Gasteiger partial charge in [0.05, 0.1) is 5.69 Å². The molecule has 8 heteroatoms. The molecule has 0 radical (unpaired) electrons. The van der Waals surface area contributed by atoms with Crippen LogP contribution in [0.3, 0.4) is 0 Å². The summed E-state index contributed by atoms with van der Waals surface area (Å²) >= 11 is 5.94. The molecule has 0 spiro atoms. The van der Waals surface area contributed by atoms with Crippen molar-refractivity contribution >= 4 is 29.3 Å². The van der Waals surface area contributed by atoms with Gasteiger partial charge >= 0.3 is 12.3 Å². The summed E-state index contributed by atoms with van der Waals surface area (Å²) in [6.45, 7) is 1.95. The van der Waals surface area contributed by atoms with E-state index in [0.717, 1.165) is 18.9 Å². The highest BCUT2D eigenvalue weighted by Crippen LogP contribution is 2.50. The Morgan fingerprint density at radius 1 is 1.36 bits per heavy atom. The highest BCUT2D eigenvalue weighted by Gasteiger charge is 2.63. The van der Waals surface area contributed by atoms with Gasteiger partial charge in [-0.05, 0) is 43.4 Å². The van der Waals surface area contributed by atoms with E-state index in [0.29, 0.717) is 24.2 Å². The lowest BCUT2D eigenvalue weighted by Gasteiger charge is -2.39. The summed E-state index contributed by atoms with van der Waals surface area (Å²) in [6.07, 6.45) is -2.79. The molecule has 1 fully saturated rings. The molecule has 2 amide bonds. The summed E-state index contributed by atoms with van der Waals surface area (Å²) in [5, 5.41) is 0.0249. The number of amides is 2. The third-order valence-electron chi connectivity index (χ3n) is 4.67. The van der Waals surface area contributed by atoms with Crippen molar-refractivity contribution in [3.05, 3.63) is 28.8 Å². The highest BCUT2D eigenvalue weighted by molar-refractivity contribution is 6.31. The number of carbonyl (C=O) groups is 2. The van der Waals surface area contributed by atoms with E-state index < -0.39 is 29.3 Å². The van der Waals surface area contributed by atoms with Crippen molar-refractivity contribution in [2.75, 3.05) is 4.90 Å². The van der Waals surface area contributed by atoms with Crippen LogP contribution in [0.5, 0.6) is 0 Å². The lowest BCUT2D eigenvalue weighted by molar-refractivity contribution is -0.240. The van der Waals surface area contributed by atoms with Crippen molar-refractivity contribution in [2.45, 2.75) is 57.2 Å². The highest BCUT2D eigenvalue weighted by atomic mass is 35.5. The second-order valence-electron chi connectivity index (χ2n) is 6.94. The van der Waals surface area contributed by atoms with Gasteiger partial charge in [-0.15, -0.1) is 0 Å². The minimum absolute atomic E-state index is 0.0249. The second-order valence-corrected chi connectivity index (χ2v) is 7.37. The normalized spacial score (nSPS) is 21.5. The number of nitrogens with zero attached hydrogens (tertiary/aromatic N) is 1. The predicted octanol–water partition coefficient (Wildman–Crippen LogP) is 5.57. The third kappa shape index (κ3) is 3.83. The average molecular weight is 414 g/mol. The molecule has 1 aliphatic carbocycles. The van der Waals surface area contributed by atoms with Crippen molar-refractivity contribution in [2.24, 2.45) is 5.92 Å². The van der Waals surface area contributed by atoms with Gasteiger partial charge in [0.15, 0.2) is 0 Å². The van der Waals surface area contributed by atoms with Crippen molar-refractivity contribution in [1.82, 2.24) is 0 Å². The number of cyclic esters (lactones) is 1. The Hall–Kier alpha value is -2.20. The smallest absolute Gasteiger partial charge is 0.414 e. The van der Waals surface area contributed by atoms with Crippen LogP contribution < -0.4 is 4.90 Å². The first-order valence-electron chi connectivity index (χ1n) is 9.15. The number of halogens is 4. The van der Waals surface area contributed by atoms with Crippen molar-refractivity contribution in [3.63, 3.8) is 0 Å². The maximum atomic E-state index is 14.1. The van der Waals surface area contributed by atoms with Crippen LogP contribution in [0.2, 0.25) is 5.02 Å². The molecule has 1 aromatic carbocycles. The van der Waals surface area contributed by atoms with Crippen LogP contribution in [-0.4, -0.2) is 18.2 Å². The van der Waals surface area contributed by atoms with Crippen molar-refractivity contribution < 1.29 is 27.5 Å².